The van der Waals surface area contributed by atoms with Gasteiger partial charge in [0.1, 0.15) is 0 Å². The number of likely N-dealkylation sites (N-methyl/N-ethyl adjacent to an activating group) is 1. The Kier molecular flexibility index (Phi) is 5.73. The largest absolute Gasteiger partial charge is 0.350 e. The molecule has 0 atom stereocenters. The molecule has 0 aliphatic heterocycles. The molecule has 0 aliphatic carbocycles. The molecule has 0 aliphatic rings. The Labute approximate surface area is 94.9 Å². The Morgan fingerprint density at radius 2 is 2.06 bits per heavy atom. The highest BCUT2D eigenvalue weighted by molar-refractivity contribution is 5.78. The van der Waals surface area contributed by atoms with Gasteiger partial charge in [-0.05, 0) is 34.4 Å². The molecule has 7 heteroatoms. The molecular formula is C9H19N3O4. The van der Waals surface area contributed by atoms with Gasteiger partial charge in [0.05, 0.1) is 13.2 Å². The molecule has 0 heterocycles. The van der Waals surface area contributed by atoms with Crippen LogP contribution in [-0.2, 0) is 9.63 Å². The maximum atomic E-state index is 11.4. The van der Waals surface area contributed by atoms with Gasteiger partial charge in [-0.2, -0.15) is 0 Å². The second-order valence-electron chi connectivity index (χ2n) is 4.48. The monoisotopic (exact) mass is 233 g/mol. The van der Waals surface area contributed by atoms with Crippen molar-refractivity contribution < 1.29 is 14.7 Å². The van der Waals surface area contributed by atoms with Gasteiger partial charge in [-0.3, -0.25) is 4.79 Å². The highest BCUT2D eigenvalue weighted by atomic mass is 16.9. The fourth-order valence-electron chi connectivity index (χ4n) is 1.14. The first-order chi connectivity index (χ1) is 7.23. The third-order valence-electron chi connectivity index (χ3n) is 1.86. The molecular weight excluding hydrogens is 214 g/mol. The molecule has 0 radical (unpaired) electrons. The lowest BCUT2D eigenvalue weighted by Gasteiger charge is -2.26. The average Bonchev–Trinajstić information content (AvgIpc) is 1.98. The van der Waals surface area contributed by atoms with Gasteiger partial charge in [-0.25, -0.2) is 0 Å². The molecule has 0 fully saturated rings. The van der Waals surface area contributed by atoms with Crippen molar-refractivity contribution in [2.24, 2.45) is 0 Å². The van der Waals surface area contributed by atoms with Crippen molar-refractivity contribution in [3.05, 3.63) is 10.1 Å². The highest BCUT2D eigenvalue weighted by Gasteiger charge is 2.20. The molecule has 0 saturated heterocycles. The van der Waals surface area contributed by atoms with Gasteiger partial charge in [-0.15, -0.1) is 10.1 Å². The summed E-state index contributed by atoms with van der Waals surface area (Å²) in [6.45, 7) is 3.86. The van der Waals surface area contributed by atoms with E-state index in [0.717, 1.165) is 0 Å². The van der Waals surface area contributed by atoms with E-state index in [2.05, 4.69) is 10.2 Å². The summed E-state index contributed by atoms with van der Waals surface area (Å²) < 4.78 is 0. The van der Waals surface area contributed by atoms with Crippen LogP contribution < -0.4 is 5.32 Å². The third kappa shape index (κ3) is 7.98. The Morgan fingerprint density at radius 3 is 2.50 bits per heavy atom. The molecule has 94 valence electrons. The van der Waals surface area contributed by atoms with E-state index in [-0.39, 0.29) is 12.5 Å². The van der Waals surface area contributed by atoms with Crippen molar-refractivity contribution >= 4 is 5.91 Å². The van der Waals surface area contributed by atoms with Crippen LogP contribution in [0.5, 0.6) is 0 Å². The summed E-state index contributed by atoms with van der Waals surface area (Å²) in [5.41, 5.74) is -0.511. The molecule has 0 aromatic carbocycles. The lowest BCUT2D eigenvalue weighted by molar-refractivity contribution is -0.758. The Morgan fingerprint density at radius 1 is 1.50 bits per heavy atom. The van der Waals surface area contributed by atoms with E-state index < -0.39 is 10.6 Å². The van der Waals surface area contributed by atoms with Crippen molar-refractivity contribution in [1.82, 2.24) is 10.2 Å². The summed E-state index contributed by atoms with van der Waals surface area (Å²) in [5.74, 6) is -0.115. The van der Waals surface area contributed by atoms with E-state index in [0.29, 0.717) is 13.0 Å². The fourth-order valence-corrected chi connectivity index (χ4v) is 1.14. The van der Waals surface area contributed by atoms with Crippen LogP contribution in [0.25, 0.3) is 0 Å². The molecule has 16 heavy (non-hydrogen) atoms. The summed E-state index contributed by atoms with van der Waals surface area (Å²) in [6, 6.07) is 0. The quantitative estimate of drug-likeness (QED) is 0.496. The minimum Gasteiger partial charge on any atom is -0.350 e. The van der Waals surface area contributed by atoms with E-state index in [1.165, 1.54) is 0 Å². The van der Waals surface area contributed by atoms with E-state index in [1.807, 2.05) is 0 Å². The first-order valence-electron chi connectivity index (χ1n) is 4.96. The molecule has 0 aromatic rings. The topological polar surface area (TPSA) is 84.7 Å². The summed E-state index contributed by atoms with van der Waals surface area (Å²) in [4.78, 5) is 27.3. The molecule has 0 rings (SSSR count). The Bertz CT molecular complexity index is 253. The van der Waals surface area contributed by atoms with Crippen LogP contribution in [0.4, 0.5) is 0 Å². The van der Waals surface area contributed by atoms with Crippen LogP contribution in [0.3, 0.4) is 0 Å². The number of rotatable bonds is 7. The zero-order valence-corrected chi connectivity index (χ0v) is 10.1. The maximum absolute atomic E-state index is 11.4. The highest BCUT2D eigenvalue weighted by Crippen LogP contribution is 2.08. The number of carbonyl (C=O) groups is 1. The number of nitrogens with zero attached hydrogens (tertiary/aromatic N) is 2. The number of hydrogen-bond acceptors (Lipinski definition) is 5. The van der Waals surface area contributed by atoms with Gasteiger partial charge in [0, 0.05) is 5.54 Å². The smallest absolute Gasteiger partial charge is 0.294 e. The number of carbonyl (C=O) groups excluding carboxylic acids is 1. The SMILES string of the molecule is CN(C)CC(=O)NC(C)(C)CCO[N+](=O)[O-]. The fraction of sp³-hybridized carbons (Fsp3) is 0.889. The van der Waals surface area contributed by atoms with E-state index in [9.17, 15) is 14.9 Å². The lowest BCUT2D eigenvalue weighted by atomic mass is 10.0. The normalized spacial score (nSPS) is 11.3. The molecule has 0 aromatic heterocycles. The van der Waals surface area contributed by atoms with Gasteiger partial charge >= 0.3 is 0 Å². The lowest BCUT2D eigenvalue weighted by Crippen LogP contribution is -2.47. The minimum atomic E-state index is -0.836. The second-order valence-corrected chi connectivity index (χ2v) is 4.48. The standard InChI is InChI=1S/C9H19N3O4/c1-9(2,5-6-16-12(14)15)10-8(13)7-11(3)4/h5-7H2,1-4H3,(H,10,13). The first-order valence-corrected chi connectivity index (χ1v) is 4.96. The van der Waals surface area contributed by atoms with Gasteiger partial charge in [0.2, 0.25) is 5.91 Å². The van der Waals surface area contributed by atoms with Gasteiger partial charge < -0.3 is 15.1 Å². The predicted octanol–water partition coefficient (Wildman–Crippen LogP) is 0.0412. The van der Waals surface area contributed by atoms with Crippen LogP contribution in [0.2, 0.25) is 0 Å². The molecule has 0 saturated carbocycles. The van der Waals surface area contributed by atoms with Crippen molar-refractivity contribution in [3.8, 4) is 0 Å². The van der Waals surface area contributed by atoms with Crippen LogP contribution in [0.1, 0.15) is 20.3 Å². The van der Waals surface area contributed by atoms with Gasteiger partial charge in [-0.1, -0.05) is 0 Å². The van der Waals surface area contributed by atoms with E-state index in [1.54, 1.807) is 32.8 Å². The zero-order valence-electron chi connectivity index (χ0n) is 10.1. The van der Waals surface area contributed by atoms with Gasteiger partial charge in [0.25, 0.3) is 5.09 Å². The number of amides is 1. The summed E-state index contributed by atoms with van der Waals surface area (Å²) in [5, 5.41) is 11.9. The van der Waals surface area contributed by atoms with Crippen molar-refractivity contribution in [1.29, 1.82) is 0 Å². The van der Waals surface area contributed by atoms with Crippen molar-refractivity contribution in [3.63, 3.8) is 0 Å². The van der Waals surface area contributed by atoms with Crippen LogP contribution in [-0.4, -0.2) is 48.7 Å². The molecule has 1 amide bonds. The van der Waals surface area contributed by atoms with E-state index >= 15 is 0 Å². The summed E-state index contributed by atoms with van der Waals surface area (Å²) in [6.07, 6.45) is 0.382. The van der Waals surface area contributed by atoms with Gasteiger partial charge in [0.15, 0.2) is 0 Å². The van der Waals surface area contributed by atoms with Crippen LogP contribution in [0, 0.1) is 10.1 Å². The van der Waals surface area contributed by atoms with Crippen molar-refractivity contribution in [2.75, 3.05) is 27.2 Å². The Balaban J connectivity index is 3.93. The van der Waals surface area contributed by atoms with E-state index in [4.69, 9.17) is 0 Å². The third-order valence-corrected chi connectivity index (χ3v) is 1.86. The van der Waals surface area contributed by atoms with Crippen LogP contribution in [0.15, 0.2) is 0 Å². The number of hydrogen-bond donors (Lipinski definition) is 1. The van der Waals surface area contributed by atoms with Crippen LogP contribution >= 0.6 is 0 Å². The molecule has 7 nitrogen and oxygen atoms in total. The minimum absolute atomic E-state index is 0.0256. The number of nitrogens with one attached hydrogen (secondary N) is 1. The van der Waals surface area contributed by atoms with Crippen molar-refractivity contribution in [2.45, 2.75) is 25.8 Å². The average molecular weight is 233 g/mol. The predicted molar refractivity (Wildman–Crippen MR) is 58.3 cm³/mol. The zero-order chi connectivity index (χ0) is 12.8. The molecule has 1 N–H and O–H groups in total. The summed E-state index contributed by atoms with van der Waals surface area (Å²) >= 11 is 0. The summed E-state index contributed by atoms with van der Waals surface area (Å²) in [7, 11) is 3.59. The first kappa shape index (κ1) is 14.6. The molecule has 0 bridgehead atoms. The maximum Gasteiger partial charge on any atom is 0.294 e. The molecule has 0 unspecified atom stereocenters. The second kappa shape index (κ2) is 6.26. The molecule has 0 spiro atoms. The Hall–Kier alpha value is -1.37.